The van der Waals surface area contributed by atoms with E-state index in [1.807, 2.05) is 24.3 Å². The van der Waals surface area contributed by atoms with Crippen molar-refractivity contribution in [2.24, 2.45) is 0 Å². The minimum absolute atomic E-state index is 0.00279. The van der Waals surface area contributed by atoms with Crippen LogP contribution >= 0.6 is 0 Å². The number of aromatic nitrogens is 4. The fourth-order valence-electron chi connectivity index (χ4n) is 3.05. The molecule has 0 spiro atoms. The smallest absolute Gasteiger partial charge is 0.220 e. The SMILES string of the molecule is O=C(CCc1ncc(-c2c(F)cccc2F)o1)NCc1ccc(Cn2cncn2)cc1. The second-order valence-corrected chi connectivity index (χ2v) is 6.90. The number of benzene rings is 2. The second kappa shape index (κ2) is 9.29. The van der Waals surface area contributed by atoms with Crippen LogP contribution in [0.2, 0.25) is 0 Å². The maximum absolute atomic E-state index is 13.8. The van der Waals surface area contributed by atoms with Gasteiger partial charge in [-0.05, 0) is 23.3 Å². The van der Waals surface area contributed by atoms with Gasteiger partial charge in [0, 0.05) is 19.4 Å². The van der Waals surface area contributed by atoms with Crippen LogP contribution in [-0.2, 0) is 24.3 Å². The summed E-state index contributed by atoms with van der Waals surface area (Å²) in [5.41, 5.74) is 1.77. The molecule has 9 heteroatoms. The first-order chi connectivity index (χ1) is 15.1. The van der Waals surface area contributed by atoms with Crippen LogP contribution in [0.25, 0.3) is 11.3 Å². The molecule has 0 aliphatic heterocycles. The maximum Gasteiger partial charge on any atom is 0.220 e. The number of nitrogens with zero attached hydrogens (tertiary/aromatic N) is 4. The molecule has 0 fully saturated rings. The molecule has 2 aromatic carbocycles. The summed E-state index contributed by atoms with van der Waals surface area (Å²) >= 11 is 0. The van der Waals surface area contributed by atoms with E-state index >= 15 is 0 Å². The molecule has 0 aliphatic rings. The van der Waals surface area contributed by atoms with Crippen molar-refractivity contribution >= 4 is 5.91 Å². The summed E-state index contributed by atoms with van der Waals surface area (Å²) in [4.78, 5) is 20.1. The van der Waals surface area contributed by atoms with Crippen LogP contribution in [0, 0.1) is 11.6 Å². The van der Waals surface area contributed by atoms with Gasteiger partial charge in [-0.25, -0.2) is 23.4 Å². The molecule has 0 bridgehead atoms. The van der Waals surface area contributed by atoms with Crippen molar-refractivity contribution in [3.63, 3.8) is 0 Å². The molecule has 0 saturated heterocycles. The van der Waals surface area contributed by atoms with Gasteiger partial charge < -0.3 is 9.73 Å². The fraction of sp³-hybridized carbons (Fsp3) is 0.182. The van der Waals surface area contributed by atoms with Crippen LogP contribution in [0.5, 0.6) is 0 Å². The third-order valence-electron chi connectivity index (χ3n) is 4.65. The maximum atomic E-state index is 13.8. The Morgan fingerprint density at radius 3 is 2.52 bits per heavy atom. The number of hydrogen-bond acceptors (Lipinski definition) is 5. The van der Waals surface area contributed by atoms with E-state index in [1.54, 1.807) is 11.0 Å². The molecule has 2 heterocycles. The van der Waals surface area contributed by atoms with Crippen molar-refractivity contribution in [2.75, 3.05) is 0 Å². The Hall–Kier alpha value is -3.88. The zero-order chi connectivity index (χ0) is 21.6. The summed E-state index contributed by atoms with van der Waals surface area (Å²) in [5, 5.41) is 6.90. The average Bonchev–Trinajstić information content (AvgIpc) is 3.44. The van der Waals surface area contributed by atoms with Gasteiger partial charge in [-0.3, -0.25) is 4.79 Å². The van der Waals surface area contributed by atoms with Crippen molar-refractivity contribution in [1.82, 2.24) is 25.1 Å². The number of halogens is 2. The Labute approximate surface area is 176 Å². The molecule has 4 aromatic rings. The summed E-state index contributed by atoms with van der Waals surface area (Å²) in [5.74, 6) is -1.40. The lowest BCUT2D eigenvalue weighted by molar-refractivity contribution is -0.121. The fourth-order valence-corrected chi connectivity index (χ4v) is 3.05. The van der Waals surface area contributed by atoms with Gasteiger partial charge in [-0.2, -0.15) is 5.10 Å². The summed E-state index contributed by atoms with van der Waals surface area (Å²) < 4.78 is 34.8. The molecule has 7 nitrogen and oxygen atoms in total. The molecule has 1 N–H and O–H groups in total. The van der Waals surface area contributed by atoms with Crippen LogP contribution in [-0.4, -0.2) is 25.7 Å². The summed E-state index contributed by atoms with van der Waals surface area (Å²) in [7, 11) is 0. The number of nitrogens with one attached hydrogen (secondary N) is 1. The summed E-state index contributed by atoms with van der Waals surface area (Å²) in [6, 6.07) is 11.4. The highest BCUT2D eigenvalue weighted by molar-refractivity contribution is 5.76. The predicted molar refractivity (Wildman–Crippen MR) is 108 cm³/mol. The zero-order valence-electron chi connectivity index (χ0n) is 16.5. The molecule has 158 valence electrons. The molecule has 31 heavy (non-hydrogen) atoms. The van der Waals surface area contributed by atoms with E-state index in [1.165, 1.54) is 18.6 Å². The lowest BCUT2D eigenvalue weighted by Gasteiger charge is -2.06. The largest absolute Gasteiger partial charge is 0.441 e. The number of rotatable bonds is 8. The molecule has 1 amide bonds. The Morgan fingerprint density at radius 2 is 1.81 bits per heavy atom. The first kappa shape index (κ1) is 20.4. The molecule has 0 unspecified atom stereocenters. The minimum Gasteiger partial charge on any atom is -0.441 e. The van der Waals surface area contributed by atoms with Gasteiger partial charge >= 0.3 is 0 Å². The second-order valence-electron chi connectivity index (χ2n) is 6.90. The first-order valence-electron chi connectivity index (χ1n) is 9.64. The van der Waals surface area contributed by atoms with Gasteiger partial charge in [-0.15, -0.1) is 0 Å². The molecule has 4 rings (SSSR count). The van der Waals surface area contributed by atoms with Gasteiger partial charge in [0.1, 0.15) is 24.3 Å². The number of carbonyl (C=O) groups excluding carboxylic acids is 1. The quantitative estimate of drug-likeness (QED) is 0.469. The van der Waals surface area contributed by atoms with E-state index < -0.39 is 11.6 Å². The summed E-state index contributed by atoms with van der Waals surface area (Å²) in [6.07, 6.45) is 4.76. The number of hydrogen-bond donors (Lipinski definition) is 1. The number of carbonyl (C=O) groups is 1. The molecule has 2 aromatic heterocycles. The highest BCUT2D eigenvalue weighted by atomic mass is 19.1. The van der Waals surface area contributed by atoms with Crippen LogP contribution in [0.4, 0.5) is 8.78 Å². The van der Waals surface area contributed by atoms with Crippen molar-refractivity contribution in [3.05, 3.63) is 90.0 Å². The number of oxazole rings is 1. The highest BCUT2D eigenvalue weighted by Crippen LogP contribution is 2.26. The van der Waals surface area contributed by atoms with E-state index in [4.69, 9.17) is 4.42 Å². The van der Waals surface area contributed by atoms with Crippen LogP contribution < -0.4 is 5.32 Å². The average molecular weight is 423 g/mol. The van der Waals surface area contributed by atoms with Crippen molar-refractivity contribution in [1.29, 1.82) is 0 Å². The lowest BCUT2D eigenvalue weighted by Crippen LogP contribution is -2.23. The van der Waals surface area contributed by atoms with E-state index in [2.05, 4.69) is 20.4 Å². The Bertz CT molecular complexity index is 1140. The lowest BCUT2D eigenvalue weighted by atomic mass is 10.1. The van der Waals surface area contributed by atoms with Gasteiger partial charge in [0.25, 0.3) is 0 Å². The molecule has 0 atom stereocenters. The van der Waals surface area contributed by atoms with Crippen LogP contribution in [0.15, 0.2) is 65.7 Å². The molecule has 0 saturated carbocycles. The standard InChI is InChI=1S/C22H19F2N5O2/c23-17-2-1-3-18(24)22(17)19-11-27-21(31-19)9-8-20(30)26-10-15-4-6-16(7-5-15)12-29-14-25-13-28-29/h1-7,11,13-14H,8-10,12H2,(H,26,30). The zero-order valence-corrected chi connectivity index (χ0v) is 16.5. The predicted octanol–water partition coefficient (Wildman–Crippen LogP) is 3.51. The third-order valence-corrected chi connectivity index (χ3v) is 4.65. The van der Waals surface area contributed by atoms with Crippen molar-refractivity contribution in [2.45, 2.75) is 25.9 Å². The normalized spacial score (nSPS) is 10.9. The first-order valence-corrected chi connectivity index (χ1v) is 9.64. The third kappa shape index (κ3) is 5.19. The van der Waals surface area contributed by atoms with Gasteiger partial charge in [0.15, 0.2) is 11.7 Å². The monoisotopic (exact) mass is 423 g/mol. The molecule has 0 aliphatic carbocycles. The van der Waals surface area contributed by atoms with E-state index in [9.17, 15) is 13.6 Å². The van der Waals surface area contributed by atoms with Gasteiger partial charge in [0.05, 0.1) is 18.3 Å². The Kier molecular flexibility index (Phi) is 6.11. The topological polar surface area (TPSA) is 85.8 Å². The van der Waals surface area contributed by atoms with E-state index in [-0.39, 0.29) is 36.0 Å². The highest BCUT2D eigenvalue weighted by Gasteiger charge is 2.16. The van der Waals surface area contributed by atoms with Gasteiger partial charge in [0.2, 0.25) is 5.91 Å². The molecular formula is C22H19F2N5O2. The summed E-state index contributed by atoms with van der Waals surface area (Å²) in [6.45, 7) is 1.02. The Balaban J connectivity index is 1.26. The van der Waals surface area contributed by atoms with E-state index in [0.29, 0.717) is 13.1 Å². The van der Waals surface area contributed by atoms with Crippen LogP contribution in [0.3, 0.4) is 0 Å². The van der Waals surface area contributed by atoms with Crippen LogP contribution in [0.1, 0.15) is 23.4 Å². The van der Waals surface area contributed by atoms with E-state index in [0.717, 1.165) is 23.3 Å². The number of amides is 1. The van der Waals surface area contributed by atoms with Gasteiger partial charge in [-0.1, -0.05) is 30.3 Å². The molecule has 0 radical (unpaired) electrons. The Morgan fingerprint density at radius 1 is 1.06 bits per heavy atom. The molecular weight excluding hydrogens is 404 g/mol. The minimum atomic E-state index is -0.729. The van der Waals surface area contributed by atoms with Crippen molar-refractivity contribution < 1.29 is 18.0 Å². The van der Waals surface area contributed by atoms with Crippen molar-refractivity contribution in [3.8, 4) is 11.3 Å². The number of aryl methyl sites for hydroxylation is 1.